The van der Waals surface area contributed by atoms with Gasteiger partial charge in [-0.1, -0.05) is 30.3 Å². The molecule has 0 aliphatic heterocycles. The van der Waals surface area contributed by atoms with Crippen LogP contribution in [0.25, 0.3) is 0 Å². The van der Waals surface area contributed by atoms with E-state index in [4.69, 9.17) is 0 Å². The quantitative estimate of drug-likeness (QED) is 0.493. The summed E-state index contributed by atoms with van der Waals surface area (Å²) >= 11 is 0. The number of benzene rings is 2. The molecule has 0 fully saturated rings. The number of carbonyl (C=O) groups excluding carboxylic acids is 3. The minimum absolute atomic E-state index is 0.188. The summed E-state index contributed by atoms with van der Waals surface area (Å²) in [6.07, 6.45) is 1.61. The number of aromatic nitrogens is 1. The number of hydrogen-bond acceptors (Lipinski definition) is 3. The third-order valence-electron chi connectivity index (χ3n) is 4.32. The smallest absolute Gasteiger partial charge is 0.286 e. The molecule has 0 unspecified atom stereocenters. The number of hydrazine groups is 1. The van der Waals surface area contributed by atoms with Crippen molar-refractivity contribution in [1.82, 2.24) is 15.8 Å². The van der Waals surface area contributed by atoms with Crippen molar-refractivity contribution < 1.29 is 14.4 Å². The molecule has 1 aromatic heterocycles. The first-order chi connectivity index (χ1) is 13.0. The van der Waals surface area contributed by atoms with E-state index >= 15 is 0 Å². The van der Waals surface area contributed by atoms with E-state index < -0.39 is 11.8 Å². The molecular weight excluding hydrogens is 342 g/mol. The lowest BCUT2D eigenvalue weighted by atomic mass is 9.96. The third kappa shape index (κ3) is 3.95. The summed E-state index contributed by atoms with van der Waals surface area (Å²) in [5.41, 5.74) is 8.04. The minimum Gasteiger partial charge on any atom is -0.357 e. The number of ketones is 1. The summed E-state index contributed by atoms with van der Waals surface area (Å²) in [4.78, 5) is 40.1. The molecule has 6 heteroatoms. The van der Waals surface area contributed by atoms with Crippen LogP contribution in [-0.2, 0) is 0 Å². The maximum Gasteiger partial charge on any atom is 0.286 e. The van der Waals surface area contributed by atoms with Gasteiger partial charge in [-0.05, 0) is 49.2 Å². The van der Waals surface area contributed by atoms with E-state index in [0.717, 1.165) is 11.1 Å². The van der Waals surface area contributed by atoms with Gasteiger partial charge < -0.3 is 4.98 Å². The highest BCUT2D eigenvalue weighted by molar-refractivity contribution is 6.15. The molecule has 0 saturated heterocycles. The topological polar surface area (TPSA) is 91.1 Å². The maximum absolute atomic E-state index is 12.9. The van der Waals surface area contributed by atoms with E-state index in [2.05, 4.69) is 15.8 Å². The molecule has 0 spiro atoms. The molecule has 3 N–H and O–H groups in total. The fourth-order valence-corrected chi connectivity index (χ4v) is 2.64. The number of carbonyl (C=O) groups is 3. The first kappa shape index (κ1) is 18.1. The first-order valence-electron chi connectivity index (χ1n) is 8.42. The predicted octanol–water partition coefficient (Wildman–Crippen LogP) is 2.94. The van der Waals surface area contributed by atoms with Crippen LogP contribution in [0.15, 0.2) is 60.8 Å². The van der Waals surface area contributed by atoms with Gasteiger partial charge in [-0.25, -0.2) is 0 Å². The van der Waals surface area contributed by atoms with Crippen LogP contribution >= 0.6 is 0 Å². The third-order valence-corrected chi connectivity index (χ3v) is 4.32. The summed E-state index contributed by atoms with van der Waals surface area (Å²) in [6.45, 7) is 3.90. The molecule has 0 aliphatic rings. The van der Waals surface area contributed by atoms with Crippen LogP contribution in [0.1, 0.15) is 47.9 Å². The highest BCUT2D eigenvalue weighted by Gasteiger charge is 2.19. The summed E-state index contributed by atoms with van der Waals surface area (Å²) in [5.74, 6) is -1.30. The average molecular weight is 361 g/mol. The Morgan fingerprint density at radius 2 is 1.48 bits per heavy atom. The molecule has 136 valence electrons. The second-order valence-electron chi connectivity index (χ2n) is 6.17. The monoisotopic (exact) mass is 361 g/mol. The number of hydrogen-bond donors (Lipinski definition) is 3. The van der Waals surface area contributed by atoms with E-state index in [1.54, 1.807) is 54.7 Å². The van der Waals surface area contributed by atoms with Crippen LogP contribution in [0.3, 0.4) is 0 Å². The van der Waals surface area contributed by atoms with Gasteiger partial charge in [0.15, 0.2) is 5.78 Å². The Kier molecular flexibility index (Phi) is 5.17. The number of H-pyrrole nitrogens is 1. The zero-order valence-electron chi connectivity index (χ0n) is 15.0. The predicted molar refractivity (Wildman–Crippen MR) is 102 cm³/mol. The van der Waals surface area contributed by atoms with Crippen molar-refractivity contribution in [1.29, 1.82) is 0 Å². The van der Waals surface area contributed by atoms with Crippen molar-refractivity contribution in [3.8, 4) is 0 Å². The van der Waals surface area contributed by atoms with Gasteiger partial charge in [0.2, 0.25) is 0 Å². The number of amides is 2. The Morgan fingerprint density at radius 1 is 0.778 bits per heavy atom. The average Bonchev–Trinajstić information content (AvgIpc) is 3.22. The Labute approximate surface area is 156 Å². The molecule has 27 heavy (non-hydrogen) atoms. The Balaban J connectivity index is 1.80. The van der Waals surface area contributed by atoms with Crippen LogP contribution in [0.2, 0.25) is 0 Å². The highest BCUT2D eigenvalue weighted by Crippen LogP contribution is 2.17. The van der Waals surface area contributed by atoms with E-state index in [-0.39, 0.29) is 16.9 Å². The standard InChI is InChI=1S/C21H19N3O3/c1-13-9-10-15(12-14(13)2)19(25)16-6-3-4-7-17(16)20(26)23-24-21(27)18-8-5-11-22-18/h3-12,22H,1-2H3,(H,23,26)(H,24,27). The van der Waals surface area contributed by atoms with Crippen molar-refractivity contribution in [3.63, 3.8) is 0 Å². The summed E-state index contributed by atoms with van der Waals surface area (Å²) < 4.78 is 0. The zero-order chi connectivity index (χ0) is 19.4. The molecule has 1 heterocycles. The van der Waals surface area contributed by atoms with Crippen molar-refractivity contribution in [3.05, 3.63) is 94.3 Å². The molecule has 0 radical (unpaired) electrons. The van der Waals surface area contributed by atoms with E-state index in [1.807, 2.05) is 19.9 Å². The summed E-state index contributed by atoms with van der Waals surface area (Å²) in [5, 5.41) is 0. The van der Waals surface area contributed by atoms with Crippen LogP contribution in [-0.4, -0.2) is 22.6 Å². The molecule has 0 saturated carbocycles. The molecule has 2 aromatic carbocycles. The lowest BCUT2D eigenvalue weighted by molar-refractivity contribution is 0.0842. The van der Waals surface area contributed by atoms with Crippen molar-refractivity contribution in [2.24, 2.45) is 0 Å². The van der Waals surface area contributed by atoms with Gasteiger partial charge in [-0.15, -0.1) is 0 Å². The summed E-state index contributed by atoms with van der Waals surface area (Å²) in [7, 11) is 0. The SMILES string of the molecule is Cc1ccc(C(=O)c2ccccc2C(=O)NNC(=O)c2ccc[nH]2)cc1C. The normalized spacial score (nSPS) is 10.3. The lowest BCUT2D eigenvalue weighted by Crippen LogP contribution is -2.42. The van der Waals surface area contributed by atoms with Gasteiger partial charge >= 0.3 is 0 Å². The largest absolute Gasteiger partial charge is 0.357 e. The Hall–Kier alpha value is -3.67. The second-order valence-corrected chi connectivity index (χ2v) is 6.17. The van der Waals surface area contributed by atoms with Gasteiger partial charge in [0.05, 0.1) is 5.56 Å². The van der Waals surface area contributed by atoms with E-state index in [0.29, 0.717) is 11.3 Å². The van der Waals surface area contributed by atoms with Crippen LogP contribution in [0.5, 0.6) is 0 Å². The number of aromatic amines is 1. The molecule has 6 nitrogen and oxygen atoms in total. The Bertz CT molecular complexity index is 1010. The molecule has 3 rings (SSSR count). The van der Waals surface area contributed by atoms with Crippen molar-refractivity contribution in [2.45, 2.75) is 13.8 Å². The minimum atomic E-state index is -0.567. The molecule has 0 aliphatic carbocycles. The molecule has 2 amide bonds. The van der Waals surface area contributed by atoms with Gasteiger partial charge in [0.25, 0.3) is 11.8 Å². The molecule has 3 aromatic rings. The van der Waals surface area contributed by atoms with E-state index in [9.17, 15) is 14.4 Å². The van der Waals surface area contributed by atoms with Crippen LogP contribution in [0, 0.1) is 13.8 Å². The number of rotatable bonds is 4. The fraction of sp³-hybridized carbons (Fsp3) is 0.0952. The van der Waals surface area contributed by atoms with Gasteiger partial charge in [-0.2, -0.15) is 0 Å². The van der Waals surface area contributed by atoms with Crippen LogP contribution < -0.4 is 10.9 Å². The van der Waals surface area contributed by atoms with Crippen LogP contribution in [0.4, 0.5) is 0 Å². The van der Waals surface area contributed by atoms with Gasteiger partial charge in [0.1, 0.15) is 5.69 Å². The molecular formula is C21H19N3O3. The lowest BCUT2D eigenvalue weighted by Gasteiger charge is -2.11. The Morgan fingerprint density at radius 3 is 2.15 bits per heavy atom. The first-order valence-corrected chi connectivity index (χ1v) is 8.42. The second kappa shape index (κ2) is 7.70. The number of aryl methyl sites for hydroxylation is 2. The summed E-state index contributed by atoms with van der Waals surface area (Å²) in [6, 6.07) is 15.2. The fourth-order valence-electron chi connectivity index (χ4n) is 2.64. The molecule has 0 atom stereocenters. The van der Waals surface area contributed by atoms with Crippen molar-refractivity contribution >= 4 is 17.6 Å². The van der Waals surface area contributed by atoms with Gasteiger partial charge in [0, 0.05) is 17.3 Å². The number of nitrogens with one attached hydrogen (secondary N) is 3. The molecule has 0 bridgehead atoms. The maximum atomic E-state index is 12.9. The van der Waals surface area contributed by atoms with Crippen molar-refractivity contribution in [2.75, 3.05) is 0 Å². The van der Waals surface area contributed by atoms with Gasteiger partial charge in [-0.3, -0.25) is 25.2 Å². The highest BCUT2D eigenvalue weighted by atomic mass is 16.2. The van der Waals surface area contributed by atoms with E-state index in [1.165, 1.54) is 0 Å². The zero-order valence-corrected chi connectivity index (χ0v) is 15.0.